The Morgan fingerprint density at radius 2 is 1.77 bits per heavy atom. The van der Waals surface area contributed by atoms with Gasteiger partial charge in [0.2, 0.25) is 11.8 Å². The van der Waals surface area contributed by atoms with Gasteiger partial charge >= 0.3 is 0 Å². The lowest BCUT2D eigenvalue weighted by Gasteiger charge is -2.22. The molecule has 0 aliphatic carbocycles. The summed E-state index contributed by atoms with van der Waals surface area (Å²) in [6.45, 7) is 3.33. The van der Waals surface area contributed by atoms with Crippen LogP contribution in [0.3, 0.4) is 0 Å². The molecule has 3 aromatic rings. The van der Waals surface area contributed by atoms with Gasteiger partial charge in [-0.3, -0.25) is 9.59 Å². The summed E-state index contributed by atoms with van der Waals surface area (Å²) in [6.07, 6.45) is 0.199. The number of nitrogens with zero attached hydrogens (tertiary/aromatic N) is 1. The highest BCUT2D eigenvalue weighted by Gasteiger charge is 2.36. The molecule has 6 nitrogen and oxygen atoms in total. The topological polar surface area (TPSA) is 67.9 Å². The van der Waals surface area contributed by atoms with Crippen LogP contribution in [0.15, 0.2) is 60.7 Å². The molecule has 2 heterocycles. The first-order valence-corrected chi connectivity index (χ1v) is 10.6. The maximum atomic E-state index is 12.9. The zero-order chi connectivity index (χ0) is 21.4. The Labute approximate surface area is 180 Å². The molecule has 6 heteroatoms. The Kier molecular flexibility index (Phi) is 4.98. The largest absolute Gasteiger partial charge is 0.486 e. The molecule has 0 spiro atoms. The maximum Gasteiger partial charge on any atom is 0.227 e. The summed E-state index contributed by atoms with van der Waals surface area (Å²) in [5.74, 6) is 0.766. The van der Waals surface area contributed by atoms with Crippen molar-refractivity contribution in [1.29, 1.82) is 0 Å². The third-order valence-corrected chi connectivity index (χ3v) is 5.97. The van der Waals surface area contributed by atoms with Crippen molar-refractivity contribution in [1.82, 2.24) is 5.32 Å². The minimum atomic E-state index is -0.386. The number of hydrogen-bond acceptors (Lipinski definition) is 4. The van der Waals surface area contributed by atoms with E-state index in [0.29, 0.717) is 31.3 Å². The number of benzene rings is 3. The lowest BCUT2D eigenvalue weighted by atomic mass is 10.0. The third kappa shape index (κ3) is 3.81. The van der Waals surface area contributed by atoms with E-state index in [0.717, 1.165) is 16.6 Å². The summed E-state index contributed by atoms with van der Waals surface area (Å²) >= 11 is 0. The molecule has 2 atom stereocenters. The van der Waals surface area contributed by atoms with Gasteiger partial charge in [0.05, 0.1) is 12.0 Å². The van der Waals surface area contributed by atoms with E-state index in [2.05, 4.69) is 29.6 Å². The lowest BCUT2D eigenvalue weighted by molar-refractivity contribution is -0.126. The average molecular weight is 416 g/mol. The molecular weight excluding hydrogens is 392 g/mol. The van der Waals surface area contributed by atoms with E-state index in [9.17, 15) is 9.59 Å². The van der Waals surface area contributed by atoms with Crippen molar-refractivity contribution in [3.8, 4) is 11.5 Å². The van der Waals surface area contributed by atoms with Gasteiger partial charge in [0.25, 0.3) is 0 Å². The summed E-state index contributed by atoms with van der Waals surface area (Å²) in [6, 6.07) is 19.7. The fourth-order valence-electron chi connectivity index (χ4n) is 4.22. The van der Waals surface area contributed by atoms with Crippen LogP contribution in [0, 0.1) is 5.92 Å². The molecule has 0 saturated carbocycles. The van der Waals surface area contributed by atoms with Gasteiger partial charge < -0.3 is 19.7 Å². The van der Waals surface area contributed by atoms with Crippen molar-refractivity contribution in [3.05, 3.63) is 66.2 Å². The SMILES string of the molecule is CC(NC(=O)C1CC(=O)N(c2ccc3c(c2)OCCO3)C1)c1ccc2ccccc2c1. The van der Waals surface area contributed by atoms with Gasteiger partial charge in [-0.25, -0.2) is 0 Å². The van der Waals surface area contributed by atoms with Crippen LogP contribution in [0.5, 0.6) is 11.5 Å². The molecule has 2 aliphatic heterocycles. The van der Waals surface area contributed by atoms with Gasteiger partial charge in [0.15, 0.2) is 11.5 Å². The molecule has 3 aromatic carbocycles. The van der Waals surface area contributed by atoms with Gasteiger partial charge in [-0.15, -0.1) is 0 Å². The van der Waals surface area contributed by atoms with Crippen LogP contribution < -0.4 is 19.7 Å². The van der Waals surface area contributed by atoms with Crippen LogP contribution in [0.25, 0.3) is 10.8 Å². The summed E-state index contributed by atoms with van der Waals surface area (Å²) in [5.41, 5.74) is 1.77. The molecule has 2 unspecified atom stereocenters. The van der Waals surface area contributed by atoms with Crippen LogP contribution in [0.2, 0.25) is 0 Å². The Balaban J connectivity index is 1.27. The molecule has 0 aromatic heterocycles. The monoisotopic (exact) mass is 416 g/mol. The summed E-state index contributed by atoms with van der Waals surface area (Å²) < 4.78 is 11.2. The van der Waals surface area contributed by atoms with Crippen molar-refractivity contribution >= 4 is 28.3 Å². The van der Waals surface area contributed by atoms with E-state index in [1.165, 1.54) is 5.39 Å². The van der Waals surface area contributed by atoms with Crippen molar-refractivity contribution in [2.45, 2.75) is 19.4 Å². The van der Waals surface area contributed by atoms with Gasteiger partial charge in [-0.05, 0) is 41.5 Å². The minimum absolute atomic E-state index is 0.0600. The minimum Gasteiger partial charge on any atom is -0.486 e. The highest BCUT2D eigenvalue weighted by molar-refractivity contribution is 6.00. The zero-order valence-electron chi connectivity index (χ0n) is 17.3. The number of fused-ring (bicyclic) bond motifs is 2. The first-order chi connectivity index (χ1) is 15.1. The van der Waals surface area contributed by atoms with E-state index >= 15 is 0 Å². The molecule has 0 radical (unpaired) electrons. The standard InChI is InChI=1S/C25H24N2O4/c1-16(18-7-6-17-4-2-3-5-19(17)12-18)26-25(29)20-13-24(28)27(15-20)21-8-9-22-23(14-21)31-11-10-30-22/h2-9,12,14,16,20H,10-11,13,15H2,1H3,(H,26,29). The maximum absolute atomic E-state index is 12.9. The van der Waals surface area contributed by atoms with Gasteiger partial charge in [0.1, 0.15) is 13.2 Å². The van der Waals surface area contributed by atoms with Gasteiger partial charge in [-0.1, -0.05) is 36.4 Å². The highest BCUT2D eigenvalue weighted by Crippen LogP contribution is 2.36. The highest BCUT2D eigenvalue weighted by atomic mass is 16.6. The lowest BCUT2D eigenvalue weighted by Crippen LogP contribution is -2.34. The first-order valence-electron chi connectivity index (χ1n) is 10.6. The number of hydrogen-bond donors (Lipinski definition) is 1. The molecule has 158 valence electrons. The van der Waals surface area contributed by atoms with Gasteiger partial charge in [-0.2, -0.15) is 0 Å². The van der Waals surface area contributed by atoms with Crippen LogP contribution in [-0.4, -0.2) is 31.6 Å². The number of carbonyl (C=O) groups excluding carboxylic acids is 2. The summed E-state index contributed by atoms with van der Waals surface area (Å²) in [7, 11) is 0. The molecular formula is C25H24N2O4. The zero-order valence-corrected chi connectivity index (χ0v) is 17.3. The molecule has 1 fully saturated rings. The molecule has 2 amide bonds. The Morgan fingerprint density at radius 1 is 1.00 bits per heavy atom. The van der Waals surface area contributed by atoms with Crippen molar-refractivity contribution in [2.24, 2.45) is 5.92 Å². The summed E-state index contributed by atoms with van der Waals surface area (Å²) in [4.78, 5) is 27.2. The quantitative estimate of drug-likeness (QED) is 0.702. The molecule has 1 saturated heterocycles. The molecule has 2 aliphatic rings. The number of ether oxygens (including phenoxy) is 2. The van der Waals surface area contributed by atoms with E-state index in [4.69, 9.17) is 9.47 Å². The number of nitrogens with one attached hydrogen (secondary N) is 1. The molecule has 0 bridgehead atoms. The van der Waals surface area contributed by atoms with E-state index in [1.54, 1.807) is 4.90 Å². The normalized spacial score (nSPS) is 18.8. The van der Waals surface area contributed by atoms with Crippen molar-refractivity contribution in [2.75, 3.05) is 24.7 Å². The fraction of sp³-hybridized carbons (Fsp3) is 0.280. The second-order valence-electron chi connectivity index (χ2n) is 8.07. The van der Waals surface area contributed by atoms with Crippen LogP contribution in [0.4, 0.5) is 5.69 Å². The van der Waals surface area contributed by atoms with Gasteiger partial charge in [0, 0.05) is 24.7 Å². The predicted octanol–water partition coefficient (Wildman–Crippen LogP) is 3.84. The van der Waals surface area contributed by atoms with Crippen LogP contribution >= 0.6 is 0 Å². The van der Waals surface area contributed by atoms with E-state index in [-0.39, 0.29) is 30.2 Å². The predicted molar refractivity (Wildman–Crippen MR) is 118 cm³/mol. The second-order valence-corrected chi connectivity index (χ2v) is 8.07. The van der Waals surface area contributed by atoms with E-state index < -0.39 is 0 Å². The first kappa shape index (κ1) is 19.4. The average Bonchev–Trinajstić information content (AvgIpc) is 3.20. The molecule has 1 N–H and O–H groups in total. The Bertz CT molecular complexity index is 1160. The number of anilines is 1. The van der Waals surface area contributed by atoms with E-state index in [1.807, 2.05) is 43.3 Å². The number of carbonyl (C=O) groups is 2. The van der Waals surface area contributed by atoms with Crippen molar-refractivity contribution in [3.63, 3.8) is 0 Å². The number of amides is 2. The smallest absolute Gasteiger partial charge is 0.227 e. The Morgan fingerprint density at radius 3 is 2.61 bits per heavy atom. The van der Waals surface area contributed by atoms with Crippen LogP contribution in [-0.2, 0) is 9.59 Å². The third-order valence-electron chi connectivity index (χ3n) is 5.97. The second kappa shape index (κ2) is 7.95. The fourth-order valence-corrected chi connectivity index (χ4v) is 4.22. The van der Waals surface area contributed by atoms with Crippen LogP contribution in [0.1, 0.15) is 24.9 Å². The summed E-state index contributed by atoms with van der Waals surface area (Å²) in [5, 5.41) is 5.39. The van der Waals surface area contributed by atoms with Crippen molar-refractivity contribution < 1.29 is 19.1 Å². The molecule has 31 heavy (non-hydrogen) atoms. The number of rotatable bonds is 4. The molecule has 5 rings (SSSR count). The Hall–Kier alpha value is -3.54.